The van der Waals surface area contributed by atoms with Gasteiger partial charge in [-0.1, -0.05) is 0 Å². The fourth-order valence-electron chi connectivity index (χ4n) is 1.11. The molecule has 17 heavy (non-hydrogen) atoms. The molecule has 0 unspecified atom stereocenters. The quantitative estimate of drug-likeness (QED) is 0.780. The molecule has 1 amide bonds. The molecule has 0 heterocycles. The van der Waals surface area contributed by atoms with Crippen LogP contribution in [0.15, 0.2) is 24.3 Å². The Balaban J connectivity index is 2.35. The van der Waals surface area contributed by atoms with Gasteiger partial charge in [0.05, 0.1) is 6.61 Å². The predicted octanol–water partition coefficient (Wildman–Crippen LogP) is 1.73. The van der Waals surface area contributed by atoms with Gasteiger partial charge in [0.15, 0.2) is 0 Å². The number of benzene rings is 1. The molecular formula is C10H11F3N2O2. The second-order valence-corrected chi connectivity index (χ2v) is 3.16. The minimum atomic E-state index is -4.61. The Morgan fingerprint density at radius 2 is 1.88 bits per heavy atom. The Hall–Kier alpha value is -1.76. The van der Waals surface area contributed by atoms with E-state index < -0.39 is 18.9 Å². The van der Waals surface area contributed by atoms with Gasteiger partial charge in [0.1, 0.15) is 0 Å². The highest BCUT2D eigenvalue weighted by Crippen LogP contribution is 2.15. The number of hydrogen-bond donors (Lipinski definition) is 2. The van der Waals surface area contributed by atoms with Gasteiger partial charge in [-0.2, -0.15) is 0 Å². The Morgan fingerprint density at radius 3 is 2.35 bits per heavy atom. The maximum atomic E-state index is 11.6. The van der Waals surface area contributed by atoms with Crippen molar-refractivity contribution in [3.63, 3.8) is 0 Å². The van der Waals surface area contributed by atoms with Crippen molar-refractivity contribution in [3.05, 3.63) is 29.8 Å². The van der Waals surface area contributed by atoms with E-state index in [1.54, 1.807) is 12.1 Å². The minimum Gasteiger partial charge on any atom is -0.383 e. The number of hydrogen-bond acceptors (Lipinski definition) is 3. The van der Waals surface area contributed by atoms with Crippen LogP contribution in [0.25, 0.3) is 0 Å². The monoisotopic (exact) mass is 248 g/mol. The van der Waals surface area contributed by atoms with Gasteiger partial charge in [-0.25, -0.2) is 0 Å². The van der Waals surface area contributed by atoms with Crippen LogP contribution in [0.1, 0.15) is 10.4 Å². The second kappa shape index (κ2) is 5.53. The Bertz CT molecular complexity index is 376. The number of amides is 1. The molecule has 0 saturated carbocycles. The van der Waals surface area contributed by atoms with Gasteiger partial charge < -0.3 is 11.1 Å². The lowest BCUT2D eigenvalue weighted by Crippen LogP contribution is -2.19. The van der Waals surface area contributed by atoms with E-state index >= 15 is 0 Å². The number of nitrogens with one attached hydrogen (secondary N) is 1. The van der Waals surface area contributed by atoms with Crippen molar-refractivity contribution in [1.82, 2.24) is 0 Å². The van der Waals surface area contributed by atoms with E-state index in [2.05, 4.69) is 10.1 Å². The number of primary amides is 1. The molecule has 1 aromatic rings. The molecule has 0 spiro atoms. The SMILES string of the molecule is NC(=O)c1ccc(NCCOC(F)(F)F)cc1. The second-order valence-electron chi connectivity index (χ2n) is 3.16. The van der Waals surface area contributed by atoms with Crippen molar-refractivity contribution in [1.29, 1.82) is 0 Å². The van der Waals surface area contributed by atoms with E-state index in [9.17, 15) is 18.0 Å². The Labute approximate surface area is 95.6 Å². The molecule has 0 aromatic heterocycles. The fourth-order valence-corrected chi connectivity index (χ4v) is 1.11. The molecule has 0 aliphatic heterocycles. The third kappa shape index (κ3) is 5.21. The average molecular weight is 248 g/mol. The van der Waals surface area contributed by atoms with E-state index in [4.69, 9.17) is 5.73 Å². The number of rotatable bonds is 5. The summed E-state index contributed by atoms with van der Waals surface area (Å²) >= 11 is 0. The van der Waals surface area contributed by atoms with Crippen molar-refractivity contribution >= 4 is 11.6 Å². The molecule has 0 saturated heterocycles. The number of nitrogens with two attached hydrogens (primary N) is 1. The number of alkyl halides is 3. The van der Waals surface area contributed by atoms with Crippen LogP contribution in [0.3, 0.4) is 0 Å². The van der Waals surface area contributed by atoms with Gasteiger partial charge in [0.25, 0.3) is 0 Å². The number of carbonyl (C=O) groups excluding carboxylic acids is 1. The molecule has 0 aliphatic carbocycles. The Kier molecular flexibility index (Phi) is 4.33. The lowest BCUT2D eigenvalue weighted by atomic mass is 10.2. The zero-order chi connectivity index (χ0) is 12.9. The molecule has 94 valence electrons. The topological polar surface area (TPSA) is 64.4 Å². The van der Waals surface area contributed by atoms with Gasteiger partial charge >= 0.3 is 6.36 Å². The fraction of sp³-hybridized carbons (Fsp3) is 0.300. The summed E-state index contributed by atoms with van der Waals surface area (Å²) in [5.74, 6) is -0.558. The van der Waals surface area contributed by atoms with Crippen LogP contribution in [0.2, 0.25) is 0 Å². The molecule has 7 heteroatoms. The molecule has 0 radical (unpaired) electrons. The summed E-state index contributed by atoms with van der Waals surface area (Å²) in [5, 5.41) is 2.71. The van der Waals surface area contributed by atoms with Crippen LogP contribution >= 0.6 is 0 Å². The first-order chi connectivity index (χ1) is 7.88. The summed E-state index contributed by atoms with van der Waals surface area (Å²) in [6.45, 7) is -0.476. The molecule has 3 N–H and O–H groups in total. The van der Waals surface area contributed by atoms with Crippen molar-refractivity contribution in [3.8, 4) is 0 Å². The highest BCUT2D eigenvalue weighted by molar-refractivity contribution is 5.93. The summed E-state index contributed by atoms with van der Waals surface area (Å²) in [6.07, 6.45) is -4.61. The van der Waals surface area contributed by atoms with Crippen LogP contribution in [0.5, 0.6) is 0 Å². The molecule has 0 fully saturated rings. The van der Waals surface area contributed by atoms with E-state index in [1.807, 2.05) is 0 Å². The first-order valence-electron chi connectivity index (χ1n) is 4.73. The van der Waals surface area contributed by atoms with Gasteiger partial charge in [0.2, 0.25) is 5.91 Å². The van der Waals surface area contributed by atoms with Gasteiger partial charge in [0, 0.05) is 17.8 Å². The molecule has 4 nitrogen and oxygen atoms in total. The summed E-state index contributed by atoms with van der Waals surface area (Å²) in [4.78, 5) is 10.7. The maximum absolute atomic E-state index is 11.6. The third-order valence-electron chi connectivity index (χ3n) is 1.87. The first kappa shape index (κ1) is 13.3. The van der Waals surface area contributed by atoms with Crippen molar-refractivity contribution in [2.24, 2.45) is 5.73 Å². The van der Waals surface area contributed by atoms with E-state index in [0.717, 1.165) is 0 Å². The summed E-state index contributed by atoms with van der Waals surface area (Å²) in [7, 11) is 0. The molecule has 1 aromatic carbocycles. The summed E-state index contributed by atoms with van der Waals surface area (Å²) < 4.78 is 38.4. The standard InChI is InChI=1S/C10H11F3N2O2/c11-10(12,13)17-6-5-15-8-3-1-7(2-4-8)9(14)16/h1-4,15H,5-6H2,(H2,14,16). The van der Waals surface area contributed by atoms with Crippen LogP contribution < -0.4 is 11.1 Å². The zero-order valence-electron chi connectivity index (χ0n) is 8.75. The molecule has 1 rings (SSSR count). The minimum absolute atomic E-state index is 0.00935. The van der Waals surface area contributed by atoms with Crippen LogP contribution in [-0.4, -0.2) is 25.4 Å². The molecule has 0 aliphatic rings. The Morgan fingerprint density at radius 1 is 1.29 bits per heavy atom. The van der Waals surface area contributed by atoms with E-state index in [-0.39, 0.29) is 6.54 Å². The number of carbonyl (C=O) groups is 1. The third-order valence-corrected chi connectivity index (χ3v) is 1.87. The number of ether oxygens (including phenoxy) is 1. The lowest BCUT2D eigenvalue weighted by molar-refractivity contribution is -0.322. The van der Waals surface area contributed by atoms with E-state index in [1.165, 1.54) is 12.1 Å². The van der Waals surface area contributed by atoms with Crippen molar-refractivity contribution < 1.29 is 22.7 Å². The lowest BCUT2D eigenvalue weighted by Gasteiger charge is -2.09. The van der Waals surface area contributed by atoms with Crippen molar-refractivity contribution in [2.45, 2.75) is 6.36 Å². The van der Waals surface area contributed by atoms with Crippen LogP contribution in [-0.2, 0) is 4.74 Å². The van der Waals surface area contributed by atoms with Crippen LogP contribution in [0, 0.1) is 0 Å². The average Bonchev–Trinajstić information content (AvgIpc) is 2.24. The zero-order valence-corrected chi connectivity index (χ0v) is 8.75. The summed E-state index contributed by atoms with van der Waals surface area (Å²) in [5.41, 5.74) is 5.95. The molecular weight excluding hydrogens is 237 g/mol. The molecule has 0 bridgehead atoms. The van der Waals surface area contributed by atoms with Gasteiger partial charge in [-0.15, -0.1) is 13.2 Å². The van der Waals surface area contributed by atoms with Crippen LogP contribution in [0.4, 0.5) is 18.9 Å². The van der Waals surface area contributed by atoms with E-state index in [0.29, 0.717) is 11.3 Å². The largest absolute Gasteiger partial charge is 0.522 e. The highest BCUT2D eigenvalue weighted by Gasteiger charge is 2.28. The normalized spacial score (nSPS) is 11.2. The smallest absolute Gasteiger partial charge is 0.383 e. The van der Waals surface area contributed by atoms with Gasteiger partial charge in [-0.3, -0.25) is 9.53 Å². The number of anilines is 1. The van der Waals surface area contributed by atoms with Crippen molar-refractivity contribution in [2.75, 3.05) is 18.5 Å². The highest BCUT2D eigenvalue weighted by atomic mass is 19.4. The number of halogens is 3. The van der Waals surface area contributed by atoms with Gasteiger partial charge in [-0.05, 0) is 24.3 Å². The maximum Gasteiger partial charge on any atom is 0.522 e. The molecule has 0 atom stereocenters. The first-order valence-corrected chi connectivity index (χ1v) is 4.73. The summed E-state index contributed by atoms with van der Waals surface area (Å²) in [6, 6.07) is 6.06. The predicted molar refractivity (Wildman–Crippen MR) is 55.5 cm³/mol.